The third-order valence-corrected chi connectivity index (χ3v) is 4.09. The predicted octanol–water partition coefficient (Wildman–Crippen LogP) is 3.03. The van der Waals surface area contributed by atoms with Crippen LogP contribution in [-0.4, -0.2) is 24.2 Å². The number of carbonyl (C=O) groups excluding carboxylic acids is 1. The molecule has 0 N–H and O–H groups in total. The molecule has 0 saturated heterocycles. The molecule has 0 spiro atoms. The molecule has 1 aliphatic carbocycles. The standard InChI is InChI=1S/C16H20N2O/c1-3-11(2)18-14-7-5-4-6-13(14)16(12-8-9-12)17-10-15(18)19/h4-7,11-12H,3,8-10H2,1-2H3. The molecule has 3 nitrogen and oxygen atoms in total. The van der Waals surface area contributed by atoms with Gasteiger partial charge in [-0.25, -0.2) is 0 Å². The van der Waals surface area contributed by atoms with Crippen LogP contribution in [0.5, 0.6) is 0 Å². The molecule has 3 rings (SSSR count). The van der Waals surface area contributed by atoms with Gasteiger partial charge >= 0.3 is 0 Å². The SMILES string of the molecule is CCC(C)N1C(=O)CN=C(C2CC2)c2ccccc21. The van der Waals surface area contributed by atoms with Gasteiger partial charge in [0, 0.05) is 23.2 Å². The molecule has 1 aromatic rings. The van der Waals surface area contributed by atoms with Gasteiger partial charge in [-0.1, -0.05) is 25.1 Å². The van der Waals surface area contributed by atoms with Crippen LogP contribution in [0.1, 0.15) is 38.7 Å². The van der Waals surface area contributed by atoms with E-state index in [0.717, 1.165) is 23.4 Å². The van der Waals surface area contributed by atoms with Crippen molar-refractivity contribution in [2.75, 3.05) is 11.4 Å². The van der Waals surface area contributed by atoms with Gasteiger partial charge in [0.1, 0.15) is 6.54 Å². The molecule has 0 radical (unpaired) electrons. The molecule has 3 heteroatoms. The largest absolute Gasteiger partial charge is 0.307 e. The molecule has 2 aliphatic rings. The van der Waals surface area contributed by atoms with E-state index in [9.17, 15) is 4.79 Å². The molecule has 1 unspecified atom stereocenters. The van der Waals surface area contributed by atoms with Crippen molar-refractivity contribution in [2.24, 2.45) is 10.9 Å². The summed E-state index contributed by atoms with van der Waals surface area (Å²) in [6.45, 7) is 4.52. The minimum absolute atomic E-state index is 0.123. The highest BCUT2D eigenvalue weighted by atomic mass is 16.2. The van der Waals surface area contributed by atoms with Gasteiger partial charge < -0.3 is 4.90 Å². The van der Waals surface area contributed by atoms with E-state index < -0.39 is 0 Å². The van der Waals surface area contributed by atoms with E-state index in [1.807, 2.05) is 17.0 Å². The van der Waals surface area contributed by atoms with Crippen molar-refractivity contribution in [1.82, 2.24) is 0 Å². The Hall–Kier alpha value is -1.64. The van der Waals surface area contributed by atoms with Gasteiger partial charge in [0.2, 0.25) is 5.91 Å². The molecule has 1 amide bonds. The maximum Gasteiger partial charge on any atom is 0.248 e. The molecule has 0 aromatic heterocycles. The lowest BCUT2D eigenvalue weighted by atomic mass is 10.0. The molecular weight excluding hydrogens is 236 g/mol. The fraction of sp³-hybridized carbons (Fsp3) is 0.500. The lowest BCUT2D eigenvalue weighted by molar-refractivity contribution is -0.117. The number of hydrogen-bond acceptors (Lipinski definition) is 2. The first-order valence-corrected chi connectivity index (χ1v) is 7.18. The molecule has 1 atom stereocenters. The zero-order valence-electron chi connectivity index (χ0n) is 11.6. The molecule has 1 fully saturated rings. The minimum Gasteiger partial charge on any atom is -0.307 e. The zero-order chi connectivity index (χ0) is 13.4. The zero-order valence-corrected chi connectivity index (χ0v) is 11.6. The van der Waals surface area contributed by atoms with Crippen LogP contribution < -0.4 is 4.90 Å². The summed E-state index contributed by atoms with van der Waals surface area (Å²) in [6.07, 6.45) is 3.38. The Morgan fingerprint density at radius 1 is 1.37 bits per heavy atom. The number of rotatable bonds is 3. The fourth-order valence-electron chi connectivity index (χ4n) is 2.72. The highest BCUT2D eigenvalue weighted by Gasteiger charge is 2.34. The first-order chi connectivity index (χ1) is 9.22. The number of hydrogen-bond donors (Lipinski definition) is 0. The summed E-state index contributed by atoms with van der Waals surface area (Å²) >= 11 is 0. The number of fused-ring (bicyclic) bond motifs is 1. The van der Waals surface area contributed by atoms with Crippen LogP contribution in [0.15, 0.2) is 29.3 Å². The third-order valence-electron chi connectivity index (χ3n) is 4.09. The van der Waals surface area contributed by atoms with E-state index in [1.54, 1.807) is 0 Å². The van der Waals surface area contributed by atoms with E-state index >= 15 is 0 Å². The summed E-state index contributed by atoms with van der Waals surface area (Å²) < 4.78 is 0. The Bertz CT molecular complexity index is 531. The second-order valence-corrected chi connectivity index (χ2v) is 5.51. The maximum absolute atomic E-state index is 12.4. The average molecular weight is 256 g/mol. The van der Waals surface area contributed by atoms with Gasteiger partial charge in [-0.05, 0) is 32.3 Å². The highest BCUT2D eigenvalue weighted by molar-refractivity contribution is 6.13. The van der Waals surface area contributed by atoms with Gasteiger partial charge in [-0.3, -0.25) is 9.79 Å². The Morgan fingerprint density at radius 2 is 2.11 bits per heavy atom. The number of para-hydroxylation sites is 1. The Labute approximate surface area is 114 Å². The van der Waals surface area contributed by atoms with E-state index in [-0.39, 0.29) is 11.9 Å². The van der Waals surface area contributed by atoms with Crippen molar-refractivity contribution in [1.29, 1.82) is 0 Å². The van der Waals surface area contributed by atoms with Crippen LogP contribution >= 0.6 is 0 Å². The van der Waals surface area contributed by atoms with Crippen LogP contribution in [0.3, 0.4) is 0 Å². The molecule has 100 valence electrons. The van der Waals surface area contributed by atoms with Crippen molar-refractivity contribution in [3.05, 3.63) is 29.8 Å². The van der Waals surface area contributed by atoms with Gasteiger partial charge in [0.15, 0.2) is 0 Å². The predicted molar refractivity (Wildman–Crippen MR) is 77.8 cm³/mol. The summed E-state index contributed by atoms with van der Waals surface area (Å²) in [5, 5.41) is 0. The van der Waals surface area contributed by atoms with Crippen LogP contribution in [-0.2, 0) is 4.79 Å². The number of anilines is 1. The quantitative estimate of drug-likeness (QED) is 0.818. The number of benzodiazepines with no additional fused rings is 1. The number of benzene rings is 1. The Kier molecular flexibility index (Phi) is 3.13. The monoisotopic (exact) mass is 256 g/mol. The first-order valence-electron chi connectivity index (χ1n) is 7.18. The fourth-order valence-corrected chi connectivity index (χ4v) is 2.72. The van der Waals surface area contributed by atoms with Gasteiger partial charge in [0.05, 0.1) is 5.69 Å². The van der Waals surface area contributed by atoms with Crippen molar-refractivity contribution >= 4 is 17.3 Å². The molecular formula is C16H20N2O. The Balaban J connectivity index is 2.10. The number of nitrogens with zero attached hydrogens (tertiary/aromatic N) is 2. The van der Waals surface area contributed by atoms with Gasteiger partial charge in [-0.2, -0.15) is 0 Å². The van der Waals surface area contributed by atoms with Gasteiger partial charge in [-0.15, -0.1) is 0 Å². The average Bonchev–Trinajstić information content (AvgIpc) is 3.24. The molecule has 1 aromatic carbocycles. The smallest absolute Gasteiger partial charge is 0.248 e. The second kappa shape index (κ2) is 4.80. The normalized spacial score (nSPS) is 20.6. The summed E-state index contributed by atoms with van der Waals surface area (Å²) in [4.78, 5) is 18.9. The number of aliphatic imine (C=N–C) groups is 1. The van der Waals surface area contributed by atoms with E-state index in [1.165, 1.54) is 12.8 Å². The summed E-state index contributed by atoms with van der Waals surface area (Å²) in [6, 6.07) is 8.45. The lowest BCUT2D eigenvalue weighted by Crippen LogP contribution is -2.39. The van der Waals surface area contributed by atoms with E-state index in [0.29, 0.717) is 12.5 Å². The number of amides is 1. The lowest BCUT2D eigenvalue weighted by Gasteiger charge is -2.28. The van der Waals surface area contributed by atoms with E-state index in [2.05, 4.69) is 31.0 Å². The van der Waals surface area contributed by atoms with Crippen molar-refractivity contribution in [3.8, 4) is 0 Å². The third kappa shape index (κ3) is 2.18. The van der Waals surface area contributed by atoms with Crippen LogP contribution in [0.4, 0.5) is 5.69 Å². The summed E-state index contributed by atoms with van der Waals surface area (Å²) in [7, 11) is 0. The number of carbonyl (C=O) groups is 1. The molecule has 1 heterocycles. The molecule has 1 aliphatic heterocycles. The molecule has 1 saturated carbocycles. The van der Waals surface area contributed by atoms with Gasteiger partial charge in [0.25, 0.3) is 0 Å². The highest BCUT2D eigenvalue weighted by Crippen LogP contribution is 2.38. The molecule has 19 heavy (non-hydrogen) atoms. The Morgan fingerprint density at radius 3 is 2.79 bits per heavy atom. The van der Waals surface area contributed by atoms with Crippen LogP contribution in [0.25, 0.3) is 0 Å². The van der Waals surface area contributed by atoms with Crippen molar-refractivity contribution in [2.45, 2.75) is 39.2 Å². The topological polar surface area (TPSA) is 32.7 Å². The van der Waals surface area contributed by atoms with Crippen LogP contribution in [0, 0.1) is 5.92 Å². The summed E-state index contributed by atoms with van der Waals surface area (Å²) in [5.41, 5.74) is 3.36. The van der Waals surface area contributed by atoms with Crippen molar-refractivity contribution < 1.29 is 4.79 Å². The van der Waals surface area contributed by atoms with E-state index in [4.69, 9.17) is 0 Å². The summed E-state index contributed by atoms with van der Waals surface area (Å²) in [5.74, 6) is 0.697. The second-order valence-electron chi connectivity index (χ2n) is 5.51. The molecule has 0 bridgehead atoms. The van der Waals surface area contributed by atoms with Crippen molar-refractivity contribution in [3.63, 3.8) is 0 Å². The van der Waals surface area contributed by atoms with Crippen LogP contribution in [0.2, 0.25) is 0 Å². The maximum atomic E-state index is 12.4. The minimum atomic E-state index is 0.123. The first kappa shape index (κ1) is 12.4.